The zero-order valence-electron chi connectivity index (χ0n) is 19.1. The average molecular weight is 445 g/mol. The van der Waals surface area contributed by atoms with Crippen LogP contribution in [0.15, 0.2) is 30.5 Å². The lowest BCUT2D eigenvalue weighted by atomic mass is 10.1. The lowest BCUT2D eigenvalue weighted by Crippen LogP contribution is -2.54. The Morgan fingerprint density at radius 2 is 1.85 bits per heavy atom. The number of fused-ring (bicyclic) bond motifs is 5. The molecule has 1 saturated carbocycles. The summed E-state index contributed by atoms with van der Waals surface area (Å²) in [6.07, 6.45) is 3.86. The standard InChI is InChI=1S/C24H28N8O/c1-13-11-31(12-14(2)27-13)18-10-26-21-20(25-3)19(24(33)28-15-8-9-15)22-29-16-6-4-5-7-17(16)32(22)23(21)30-18/h4-7,10,13-15,25,27H,8-9,11-12H2,1-3H3,(H,28,33). The minimum Gasteiger partial charge on any atom is -0.385 e. The van der Waals surface area contributed by atoms with Crippen LogP contribution in [-0.2, 0) is 0 Å². The highest BCUT2D eigenvalue weighted by Gasteiger charge is 2.30. The maximum absolute atomic E-state index is 13.3. The molecule has 1 saturated heterocycles. The number of piperazine rings is 1. The fourth-order valence-electron chi connectivity index (χ4n) is 4.95. The number of pyridine rings is 1. The molecule has 9 nitrogen and oxygen atoms in total. The van der Waals surface area contributed by atoms with Gasteiger partial charge in [0.1, 0.15) is 16.9 Å². The Balaban J connectivity index is 1.63. The summed E-state index contributed by atoms with van der Waals surface area (Å²) in [4.78, 5) is 30.4. The third-order valence-corrected chi connectivity index (χ3v) is 6.50. The van der Waals surface area contributed by atoms with Gasteiger partial charge in [0.25, 0.3) is 5.91 Å². The zero-order chi connectivity index (χ0) is 22.7. The molecule has 2 fully saturated rings. The predicted molar refractivity (Wildman–Crippen MR) is 130 cm³/mol. The lowest BCUT2D eigenvalue weighted by Gasteiger charge is -2.36. The summed E-state index contributed by atoms with van der Waals surface area (Å²) in [5, 5.41) is 9.91. The predicted octanol–water partition coefficient (Wildman–Crippen LogP) is 2.55. The third kappa shape index (κ3) is 3.34. The van der Waals surface area contributed by atoms with Gasteiger partial charge in [-0.2, -0.15) is 0 Å². The molecular formula is C24H28N8O. The normalized spacial score (nSPS) is 21.1. The molecule has 2 aliphatic rings. The molecule has 6 rings (SSSR count). The van der Waals surface area contributed by atoms with Gasteiger partial charge in [0.05, 0.1) is 22.9 Å². The molecule has 1 amide bonds. The van der Waals surface area contributed by atoms with Crippen LogP contribution < -0.4 is 20.9 Å². The number of imidazole rings is 1. The minimum absolute atomic E-state index is 0.125. The Hall–Kier alpha value is -3.46. The molecule has 3 aromatic heterocycles. The van der Waals surface area contributed by atoms with E-state index in [0.717, 1.165) is 42.8 Å². The SMILES string of the molecule is CNc1c(C(=O)NC2CC2)c2nc3ccccc3n2c2nc(N3CC(C)NC(C)C3)cnc12. The van der Waals surface area contributed by atoms with Gasteiger partial charge in [-0.15, -0.1) is 0 Å². The quantitative estimate of drug-likeness (QED) is 0.445. The van der Waals surface area contributed by atoms with Crippen molar-refractivity contribution in [3.8, 4) is 0 Å². The summed E-state index contributed by atoms with van der Waals surface area (Å²) in [6, 6.07) is 8.89. The first-order valence-electron chi connectivity index (χ1n) is 11.6. The highest BCUT2D eigenvalue weighted by atomic mass is 16.1. The number of hydrogen-bond acceptors (Lipinski definition) is 7. The van der Waals surface area contributed by atoms with Gasteiger partial charge in [-0.3, -0.25) is 9.20 Å². The number of nitrogens with one attached hydrogen (secondary N) is 3. The zero-order valence-corrected chi connectivity index (χ0v) is 19.1. The number of hydrogen-bond donors (Lipinski definition) is 3. The summed E-state index contributed by atoms with van der Waals surface area (Å²) in [5.41, 5.74) is 4.86. The fourth-order valence-corrected chi connectivity index (χ4v) is 4.95. The molecule has 3 N–H and O–H groups in total. The van der Waals surface area contributed by atoms with Crippen molar-refractivity contribution in [2.45, 2.75) is 44.8 Å². The summed E-state index contributed by atoms with van der Waals surface area (Å²) in [6.45, 7) is 6.09. The second-order valence-corrected chi connectivity index (χ2v) is 9.28. The first-order chi connectivity index (χ1) is 16.0. The minimum atomic E-state index is -0.125. The van der Waals surface area contributed by atoms with Crippen LogP contribution in [0.2, 0.25) is 0 Å². The second kappa shape index (κ2) is 7.55. The van der Waals surface area contributed by atoms with Gasteiger partial charge in [0.2, 0.25) is 0 Å². The molecular weight excluding hydrogens is 416 g/mol. The van der Waals surface area contributed by atoms with Crippen LogP contribution >= 0.6 is 0 Å². The Labute approximate surface area is 191 Å². The summed E-state index contributed by atoms with van der Waals surface area (Å²) >= 11 is 0. The second-order valence-electron chi connectivity index (χ2n) is 9.28. The highest BCUT2D eigenvalue weighted by molar-refractivity contribution is 6.12. The molecule has 1 aliphatic carbocycles. The van der Waals surface area contributed by atoms with Crippen molar-refractivity contribution >= 4 is 45.3 Å². The maximum atomic E-state index is 13.3. The van der Waals surface area contributed by atoms with E-state index in [-0.39, 0.29) is 11.9 Å². The number of rotatable bonds is 4. The maximum Gasteiger partial charge on any atom is 0.257 e. The number of carbonyl (C=O) groups is 1. The Morgan fingerprint density at radius 3 is 2.58 bits per heavy atom. The van der Waals surface area contributed by atoms with Gasteiger partial charge in [-0.05, 0) is 38.8 Å². The summed E-state index contributed by atoms with van der Waals surface area (Å²) < 4.78 is 1.98. The van der Waals surface area contributed by atoms with E-state index in [1.54, 1.807) is 0 Å². The molecule has 1 aromatic carbocycles. The van der Waals surface area contributed by atoms with E-state index in [2.05, 4.69) is 34.7 Å². The molecule has 4 heterocycles. The fraction of sp³-hybridized carbons (Fsp3) is 0.417. The molecule has 9 heteroatoms. The van der Waals surface area contributed by atoms with E-state index < -0.39 is 0 Å². The molecule has 1 aliphatic heterocycles. The smallest absolute Gasteiger partial charge is 0.257 e. The van der Waals surface area contributed by atoms with Crippen LogP contribution in [0.4, 0.5) is 11.5 Å². The van der Waals surface area contributed by atoms with Crippen LogP contribution in [0, 0.1) is 0 Å². The van der Waals surface area contributed by atoms with Crippen molar-refractivity contribution in [3.05, 3.63) is 36.0 Å². The van der Waals surface area contributed by atoms with Gasteiger partial charge in [-0.1, -0.05) is 12.1 Å². The van der Waals surface area contributed by atoms with E-state index in [1.165, 1.54) is 0 Å². The van der Waals surface area contributed by atoms with Gasteiger partial charge >= 0.3 is 0 Å². The van der Waals surface area contributed by atoms with Crippen LogP contribution in [0.3, 0.4) is 0 Å². The van der Waals surface area contributed by atoms with Crippen molar-refractivity contribution in [1.29, 1.82) is 0 Å². The largest absolute Gasteiger partial charge is 0.385 e. The van der Waals surface area contributed by atoms with Crippen LogP contribution in [-0.4, -0.2) is 63.5 Å². The lowest BCUT2D eigenvalue weighted by molar-refractivity contribution is 0.0953. The van der Waals surface area contributed by atoms with Crippen molar-refractivity contribution in [3.63, 3.8) is 0 Å². The molecule has 170 valence electrons. The molecule has 0 radical (unpaired) electrons. The molecule has 2 unspecified atom stereocenters. The van der Waals surface area contributed by atoms with Crippen molar-refractivity contribution in [2.24, 2.45) is 0 Å². The van der Waals surface area contributed by atoms with Crippen LogP contribution in [0.1, 0.15) is 37.0 Å². The summed E-state index contributed by atoms with van der Waals surface area (Å²) in [5.74, 6) is 0.707. The number of benzene rings is 1. The van der Waals surface area contributed by atoms with Gasteiger partial charge in [-0.25, -0.2) is 15.0 Å². The van der Waals surface area contributed by atoms with Gasteiger partial charge in [0.15, 0.2) is 11.3 Å². The number of para-hydroxylation sites is 2. The number of aromatic nitrogens is 4. The van der Waals surface area contributed by atoms with E-state index in [1.807, 2.05) is 41.9 Å². The molecule has 0 bridgehead atoms. The number of nitrogens with zero attached hydrogens (tertiary/aromatic N) is 5. The Kier molecular flexibility index (Phi) is 4.62. The van der Waals surface area contributed by atoms with Gasteiger partial charge < -0.3 is 20.9 Å². The van der Waals surface area contributed by atoms with Crippen molar-refractivity contribution in [2.75, 3.05) is 30.4 Å². The first kappa shape index (κ1) is 20.2. The molecule has 2 atom stereocenters. The van der Waals surface area contributed by atoms with Gasteiger partial charge in [0, 0.05) is 38.3 Å². The van der Waals surface area contributed by atoms with E-state index in [0.29, 0.717) is 40.1 Å². The third-order valence-electron chi connectivity index (χ3n) is 6.50. The first-order valence-corrected chi connectivity index (χ1v) is 11.6. The summed E-state index contributed by atoms with van der Waals surface area (Å²) in [7, 11) is 1.82. The van der Waals surface area contributed by atoms with E-state index in [4.69, 9.17) is 15.0 Å². The van der Waals surface area contributed by atoms with E-state index in [9.17, 15) is 4.79 Å². The highest BCUT2D eigenvalue weighted by Crippen LogP contribution is 2.33. The molecule has 33 heavy (non-hydrogen) atoms. The monoisotopic (exact) mass is 444 g/mol. The Bertz CT molecular complexity index is 1380. The number of amides is 1. The topological polar surface area (TPSA) is 99.5 Å². The van der Waals surface area contributed by atoms with Crippen LogP contribution in [0.5, 0.6) is 0 Å². The number of carbonyl (C=O) groups excluding carboxylic acids is 1. The Morgan fingerprint density at radius 1 is 1.09 bits per heavy atom. The van der Waals surface area contributed by atoms with Crippen molar-refractivity contribution in [1.82, 2.24) is 30.0 Å². The van der Waals surface area contributed by atoms with E-state index >= 15 is 0 Å². The van der Waals surface area contributed by atoms with Crippen molar-refractivity contribution < 1.29 is 4.79 Å². The molecule has 0 spiro atoms. The number of anilines is 2. The average Bonchev–Trinajstić information content (AvgIpc) is 3.53. The van der Waals surface area contributed by atoms with Crippen LogP contribution in [0.25, 0.3) is 27.8 Å². The molecule has 4 aromatic rings.